The molecule has 0 spiro atoms. The second kappa shape index (κ2) is 4.48. The maximum Gasteiger partial charge on any atom is 0.0741 e. The van der Waals surface area contributed by atoms with Gasteiger partial charge < -0.3 is 5.73 Å². The largest absolute Gasteiger partial charge is 0.398 e. The minimum Gasteiger partial charge on any atom is -0.398 e. The molecule has 4 heteroatoms. The molecule has 2 rings (SSSR count). The van der Waals surface area contributed by atoms with Crippen LogP contribution in [0.2, 0.25) is 10.0 Å². The van der Waals surface area contributed by atoms with Crippen LogP contribution in [0.5, 0.6) is 0 Å². The molecule has 2 nitrogen and oxygen atoms in total. The van der Waals surface area contributed by atoms with Crippen molar-refractivity contribution in [3.63, 3.8) is 0 Å². The quantitative estimate of drug-likeness (QED) is 0.878. The van der Waals surface area contributed by atoms with E-state index in [1.165, 1.54) is 0 Å². The molecule has 1 aromatic carbocycles. The summed E-state index contributed by atoms with van der Waals surface area (Å²) in [7, 11) is 0. The molecule has 1 aromatic heterocycles. The Morgan fingerprint density at radius 1 is 1.19 bits per heavy atom. The maximum atomic E-state index is 5.96. The molecule has 2 N–H and O–H groups in total. The Labute approximate surface area is 104 Å². The van der Waals surface area contributed by atoms with E-state index in [2.05, 4.69) is 11.9 Å². The molecular weight excluding hydrogens is 243 g/mol. The second-order valence-corrected chi connectivity index (χ2v) is 4.55. The zero-order valence-corrected chi connectivity index (χ0v) is 10.4. The molecule has 0 bridgehead atoms. The van der Waals surface area contributed by atoms with E-state index < -0.39 is 0 Å². The average Bonchev–Trinajstić information content (AvgIpc) is 2.22. The van der Waals surface area contributed by atoms with Crippen molar-refractivity contribution in [3.8, 4) is 0 Å². The monoisotopic (exact) mass is 254 g/mol. The zero-order valence-electron chi connectivity index (χ0n) is 8.93. The molecule has 0 saturated heterocycles. The lowest BCUT2D eigenvalue weighted by atomic mass is 10.1. The predicted molar refractivity (Wildman–Crippen MR) is 70.2 cm³/mol. The Kier molecular flexibility index (Phi) is 3.22. The van der Waals surface area contributed by atoms with Gasteiger partial charge in [-0.25, -0.2) is 0 Å². The van der Waals surface area contributed by atoms with Gasteiger partial charge >= 0.3 is 0 Å². The number of nitrogens with two attached hydrogens (primary N) is 1. The van der Waals surface area contributed by atoms with Crippen LogP contribution in [-0.2, 0) is 6.42 Å². The van der Waals surface area contributed by atoms with Gasteiger partial charge in [-0.3, -0.25) is 4.98 Å². The molecule has 0 fully saturated rings. The first kappa shape index (κ1) is 11.5. The molecule has 0 aliphatic carbocycles. The molecule has 0 saturated carbocycles. The van der Waals surface area contributed by atoms with E-state index in [9.17, 15) is 0 Å². The number of pyridine rings is 1. The van der Waals surface area contributed by atoms with Crippen molar-refractivity contribution in [2.45, 2.75) is 19.8 Å². The predicted octanol–water partition coefficient (Wildman–Crippen LogP) is 4.08. The third-order valence-electron chi connectivity index (χ3n) is 2.44. The number of benzene rings is 1. The van der Waals surface area contributed by atoms with Crippen molar-refractivity contribution < 1.29 is 0 Å². The topological polar surface area (TPSA) is 38.9 Å². The number of fused-ring (bicyclic) bond motifs is 1. The highest BCUT2D eigenvalue weighted by atomic mass is 35.5. The number of anilines is 1. The smallest absolute Gasteiger partial charge is 0.0741 e. The Bertz CT molecular complexity index is 538. The Balaban J connectivity index is 2.67. The molecule has 2 aromatic rings. The highest BCUT2D eigenvalue weighted by Crippen LogP contribution is 2.30. The molecule has 0 unspecified atom stereocenters. The first-order valence-electron chi connectivity index (χ1n) is 5.16. The molecule has 16 heavy (non-hydrogen) atoms. The molecule has 0 aliphatic heterocycles. The van der Waals surface area contributed by atoms with Gasteiger partial charge in [-0.1, -0.05) is 36.5 Å². The summed E-state index contributed by atoms with van der Waals surface area (Å²) in [6, 6.07) is 5.42. The Morgan fingerprint density at radius 3 is 2.56 bits per heavy atom. The van der Waals surface area contributed by atoms with Gasteiger partial charge in [-0.2, -0.15) is 0 Å². The van der Waals surface area contributed by atoms with Crippen LogP contribution in [-0.4, -0.2) is 4.98 Å². The lowest BCUT2D eigenvalue weighted by Gasteiger charge is -2.07. The van der Waals surface area contributed by atoms with Gasteiger partial charge in [0.1, 0.15) is 0 Å². The number of nitrogen functional groups attached to an aromatic ring is 1. The average molecular weight is 255 g/mol. The van der Waals surface area contributed by atoms with Crippen LogP contribution in [0.1, 0.15) is 19.0 Å². The lowest BCUT2D eigenvalue weighted by molar-refractivity contribution is 0.890. The van der Waals surface area contributed by atoms with Crippen molar-refractivity contribution >= 4 is 39.8 Å². The molecule has 84 valence electrons. The summed E-state index contributed by atoms with van der Waals surface area (Å²) in [6.45, 7) is 2.11. The van der Waals surface area contributed by atoms with Gasteiger partial charge in [0, 0.05) is 16.8 Å². The highest BCUT2D eigenvalue weighted by molar-refractivity contribution is 6.42. The van der Waals surface area contributed by atoms with E-state index in [-0.39, 0.29) is 0 Å². The minimum atomic E-state index is 0.505. The van der Waals surface area contributed by atoms with E-state index in [1.807, 2.05) is 6.07 Å². The van der Waals surface area contributed by atoms with Crippen molar-refractivity contribution in [1.29, 1.82) is 0 Å². The van der Waals surface area contributed by atoms with Gasteiger partial charge in [0.25, 0.3) is 0 Å². The highest BCUT2D eigenvalue weighted by Gasteiger charge is 2.06. The molecule has 0 aliphatic rings. The number of halogens is 2. The molecule has 0 amide bonds. The fraction of sp³-hybridized carbons (Fsp3) is 0.250. The number of aryl methyl sites for hydroxylation is 1. The second-order valence-electron chi connectivity index (χ2n) is 3.74. The molecule has 0 atom stereocenters. The van der Waals surface area contributed by atoms with Crippen LogP contribution in [0.25, 0.3) is 10.9 Å². The first-order chi connectivity index (χ1) is 7.61. The SMILES string of the molecule is CCCc1cc(N)c2cc(Cl)c(Cl)cc2n1. The van der Waals surface area contributed by atoms with E-state index in [0.29, 0.717) is 15.7 Å². The van der Waals surface area contributed by atoms with Gasteiger partial charge in [0.15, 0.2) is 0 Å². The Hall–Kier alpha value is -0.990. The number of hydrogen-bond acceptors (Lipinski definition) is 2. The fourth-order valence-corrected chi connectivity index (χ4v) is 2.01. The van der Waals surface area contributed by atoms with Gasteiger partial charge in [0.05, 0.1) is 15.6 Å². The number of hydrogen-bond donors (Lipinski definition) is 1. The molecule has 0 radical (unpaired) electrons. The van der Waals surface area contributed by atoms with Crippen LogP contribution >= 0.6 is 23.2 Å². The minimum absolute atomic E-state index is 0.505. The van der Waals surface area contributed by atoms with Crippen LogP contribution < -0.4 is 5.73 Å². The maximum absolute atomic E-state index is 5.96. The van der Waals surface area contributed by atoms with E-state index in [0.717, 1.165) is 29.4 Å². The van der Waals surface area contributed by atoms with Crippen molar-refractivity contribution in [3.05, 3.63) is 33.9 Å². The number of nitrogens with zero attached hydrogens (tertiary/aromatic N) is 1. The van der Waals surface area contributed by atoms with Crippen LogP contribution in [0.3, 0.4) is 0 Å². The van der Waals surface area contributed by atoms with Gasteiger partial charge in [-0.15, -0.1) is 0 Å². The van der Waals surface area contributed by atoms with Crippen molar-refractivity contribution in [1.82, 2.24) is 4.98 Å². The summed E-state index contributed by atoms with van der Waals surface area (Å²) < 4.78 is 0. The van der Waals surface area contributed by atoms with E-state index in [4.69, 9.17) is 28.9 Å². The fourth-order valence-electron chi connectivity index (χ4n) is 1.69. The first-order valence-corrected chi connectivity index (χ1v) is 5.91. The lowest BCUT2D eigenvalue weighted by Crippen LogP contribution is -1.95. The molecular formula is C12H12Cl2N2. The van der Waals surface area contributed by atoms with Crippen molar-refractivity contribution in [2.75, 3.05) is 5.73 Å². The van der Waals surface area contributed by atoms with Crippen LogP contribution in [0.15, 0.2) is 18.2 Å². The van der Waals surface area contributed by atoms with E-state index >= 15 is 0 Å². The zero-order chi connectivity index (χ0) is 11.7. The number of rotatable bonds is 2. The van der Waals surface area contributed by atoms with Crippen LogP contribution in [0.4, 0.5) is 5.69 Å². The van der Waals surface area contributed by atoms with Crippen LogP contribution in [0, 0.1) is 0 Å². The summed E-state index contributed by atoms with van der Waals surface area (Å²) >= 11 is 11.9. The van der Waals surface area contributed by atoms with Gasteiger partial charge in [-0.05, 0) is 24.6 Å². The summed E-state index contributed by atoms with van der Waals surface area (Å²) in [5.41, 5.74) is 8.46. The third kappa shape index (κ3) is 2.08. The van der Waals surface area contributed by atoms with Crippen molar-refractivity contribution in [2.24, 2.45) is 0 Å². The third-order valence-corrected chi connectivity index (χ3v) is 3.16. The number of aromatic nitrogens is 1. The summed E-state index contributed by atoms with van der Waals surface area (Å²) in [5, 5.41) is 1.87. The summed E-state index contributed by atoms with van der Waals surface area (Å²) in [6.07, 6.45) is 1.96. The standard InChI is InChI=1S/C12H12Cl2N2/c1-2-3-7-4-11(15)8-5-9(13)10(14)6-12(8)16-7/h4-6H,2-3H2,1H3,(H2,15,16). The normalized spacial score (nSPS) is 10.9. The molecule has 1 heterocycles. The van der Waals surface area contributed by atoms with E-state index in [1.54, 1.807) is 12.1 Å². The van der Waals surface area contributed by atoms with Gasteiger partial charge in [0.2, 0.25) is 0 Å². The summed E-state index contributed by atoms with van der Waals surface area (Å²) in [4.78, 5) is 4.50. The summed E-state index contributed by atoms with van der Waals surface area (Å²) in [5.74, 6) is 0. The Morgan fingerprint density at radius 2 is 1.88 bits per heavy atom.